The molecule has 4 nitrogen and oxygen atoms in total. The van der Waals surface area contributed by atoms with Crippen molar-refractivity contribution in [1.82, 2.24) is 14.4 Å². The summed E-state index contributed by atoms with van der Waals surface area (Å²) >= 11 is 0. The molecule has 0 aliphatic carbocycles. The third-order valence-corrected chi connectivity index (χ3v) is 7.61. The highest BCUT2D eigenvalue weighted by Crippen LogP contribution is 2.33. The van der Waals surface area contributed by atoms with E-state index in [4.69, 9.17) is 4.74 Å². The molecule has 3 saturated heterocycles. The summed E-state index contributed by atoms with van der Waals surface area (Å²) in [4.78, 5) is 5.08. The lowest BCUT2D eigenvalue weighted by Crippen LogP contribution is -2.43. The normalized spacial score (nSPS) is 21.9. The SMILES string of the molecule is CCN(CC)CCCn1c2ccccc2c2ccc(OC/C=C3\CN4CCC3CC4)cc21. The van der Waals surface area contributed by atoms with E-state index in [1.165, 1.54) is 47.7 Å². The second-order valence-corrected chi connectivity index (χ2v) is 9.37. The molecule has 4 heterocycles. The third-order valence-electron chi connectivity index (χ3n) is 7.61. The largest absolute Gasteiger partial charge is 0.489 e. The van der Waals surface area contributed by atoms with Crippen LogP contribution >= 0.6 is 0 Å². The Bertz CT molecular complexity index is 1090. The smallest absolute Gasteiger partial charge is 0.121 e. The lowest BCUT2D eigenvalue weighted by molar-refractivity contribution is 0.160. The first-order valence-corrected chi connectivity index (χ1v) is 12.5. The van der Waals surface area contributed by atoms with Gasteiger partial charge in [-0.3, -0.25) is 4.90 Å². The fraction of sp³-hybridized carbons (Fsp3) is 0.500. The van der Waals surface area contributed by atoms with Gasteiger partial charge in [0.25, 0.3) is 0 Å². The number of aromatic nitrogens is 1. The van der Waals surface area contributed by atoms with Crippen molar-refractivity contribution in [2.45, 2.75) is 39.7 Å². The minimum atomic E-state index is 0.674. The quantitative estimate of drug-likeness (QED) is 0.414. The van der Waals surface area contributed by atoms with Crippen molar-refractivity contribution in [2.24, 2.45) is 5.92 Å². The van der Waals surface area contributed by atoms with Crippen molar-refractivity contribution in [3.63, 3.8) is 0 Å². The minimum Gasteiger partial charge on any atom is -0.489 e. The molecule has 2 bridgehead atoms. The van der Waals surface area contributed by atoms with E-state index in [0.717, 1.165) is 50.8 Å². The number of benzene rings is 2. The minimum absolute atomic E-state index is 0.674. The maximum Gasteiger partial charge on any atom is 0.121 e. The zero-order chi connectivity index (χ0) is 21.9. The van der Waals surface area contributed by atoms with Crippen LogP contribution in [0.5, 0.6) is 5.75 Å². The number of piperidine rings is 3. The number of fused-ring (bicyclic) bond motifs is 6. The molecule has 3 fully saturated rings. The number of ether oxygens (including phenoxy) is 1. The summed E-state index contributed by atoms with van der Waals surface area (Å²) in [5.74, 6) is 1.77. The molecule has 0 saturated carbocycles. The van der Waals surface area contributed by atoms with Crippen LogP contribution in [-0.4, -0.2) is 60.2 Å². The lowest BCUT2D eigenvalue weighted by atomic mass is 9.84. The van der Waals surface area contributed by atoms with Crippen molar-refractivity contribution < 1.29 is 4.74 Å². The van der Waals surface area contributed by atoms with E-state index < -0.39 is 0 Å². The Hall–Kier alpha value is -2.30. The predicted molar refractivity (Wildman–Crippen MR) is 135 cm³/mol. The van der Waals surface area contributed by atoms with Crippen LogP contribution in [-0.2, 0) is 6.54 Å². The monoisotopic (exact) mass is 431 g/mol. The van der Waals surface area contributed by atoms with E-state index in [2.05, 4.69) is 76.8 Å². The molecule has 3 aromatic rings. The molecule has 32 heavy (non-hydrogen) atoms. The van der Waals surface area contributed by atoms with Crippen LogP contribution in [0.3, 0.4) is 0 Å². The summed E-state index contributed by atoms with van der Waals surface area (Å²) in [6, 6.07) is 15.4. The van der Waals surface area contributed by atoms with Gasteiger partial charge in [-0.05, 0) is 82.2 Å². The summed E-state index contributed by atoms with van der Waals surface area (Å²) in [7, 11) is 0. The van der Waals surface area contributed by atoms with Gasteiger partial charge in [-0.2, -0.15) is 0 Å². The first-order chi connectivity index (χ1) is 15.8. The van der Waals surface area contributed by atoms with Crippen LogP contribution in [0.4, 0.5) is 0 Å². The van der Waals surface area contributed by atoms with Crippen molar-refractivity contribution in [3.8, 4) is 5.75 Å². The van der Waals surface area contributed by atoms with Crippen LogP contribution in [0.25, 0.3) is 21.8 Å². The van der Waals surface area contributed by atoms with Gasteiger partial charge in [-0.1, -0.05) is 37.6 Å². The van der Waals surface area contributed by atoms with Crippen LogP contribution < -0.4 is 4.74 Å². The molecule has 0 radical (unpaired) electrons. The van der Waals surface area contributed by atoms with Crippen molar-refractivity contribution >= 4 is 21.8 Å². The van der Waals surface area contributed by atoms with E-state index in [9.17, 15) is 0 Å². The van der Waals surface area contributed by atoms with Crippen molar-refractivity contribution in [2.75, 3.05) is 45.9 Å². The Balaban J connectivity index is 1.35. The third kappa shape index (κ3) is 4.31. The van der Waals surface area contributed by atoms with E-state index in [0.29, 0.717) is 6.61 Å². The van der Waals surface area contributed by atoms with Gasteiger partial charge in [0.05, 0.1) is 5.52 Å². The van der Waals surface area contributed by atoms with E-state index >= 15 is 0 Å². The summed E-state index contributed by atoms with van der Waals surface area (Å²) in [6.45, 7) is 13.3. The highest BCUT2D eigenvalue weighted by molar-refractivity contribution is 6.08. The molecule has 6 rings (SSSR count). The van der Waals surface area contributed by atoms with Crippen LogP contribution in [0.2, 0.25) is 0 Å². The molecule has 1 aromatic heterocycles. The van der Waals surface area contributed by atoms with Gasteiger partial charge in [-0.15, -0.1) is 0 Å². The van der Waals surface area contributed by atoms with Gasteiger partial charge >= 0.3 is 0 Å². The predicted octanol–water partition coefficient (Wildman–Crippen LogP) is 5.56. The molecule has 0 atom stereocenters. The Kier molecular flexibility index (Phi) is 6.52. The Morgan fingerprint density at radius 1 is 1.00 bits per heavy atom. The molecule has 0 unspecified atom stereocenters. The molecule has 2 aromatic carbocycles. The van der Waals surface area contributed by atoms with Crippen LogP contribution in [0, 0.1) is 5.92 Å². The van der Waals surface area contributed by atoms with E-state index in [1.54, 1.807) is 5.57 Å². The van der Waals surface area contributed by atoms with Crippen LogP contribution in [0.1, 0.15) is 33.1 Å². The Morgan fingerprint density at radius 3 is 2.53 bits per heavy atom. The zero-order valence-electron chi connectivity index (χ0n) is 19.7. The van der Waals surface area contributed by atoms with Crippen LogP contribution in [0.15, 0.2) is 54.1 Å². The average Bonchev–Trinajstić information content (AvgIpc) is 3.16. The molecule has 4 heteroatoms. The molecule has 170 valence electrons. The number of rotatable bonds is 9. The topological polar surface area (TPSA) is 20.6 Å². The Morgan fingerprint density at radius 2 is 1.78 bits per heavy atom. The second-order valence-electron chi connectivity index (χ2n) is 9.37. The summed E-state index contributed by atoms with van der Waals surface area (Å²) < 4.78 is 8.73. The highest BCUT2D eigenvalue weighted by atomic mass is 16.5. The average molecular weight is 432 g/mol. The summed E-state index contributed by atoms with van der Waals surface area (Å²) in [5.41, 5.74) is 4.21. The molecule has 0 amide bonds. The molecular weight excluding hydrogens is 394 g/mol. The second kappa shape index (κ2) is 9.68. The first-order valence-electron chi connectivity index (χ1n) is 12.5. The fourth-order valence-electron chi connectivity index (χ4n) is 5.68. The maximum atomic E-state index is 6.24. The number of hydrogen-bond donors (Lipinski definition) is 0. The van der Waals surface area contributed by atoms with Gasteiger partial charge in [0.15, 0.2) is 0 Å². The molecule has 3 aliphatic heterocycles. The molecular formula is C28H37N3O. The zero-order valence-corrected chi connectivity index (χ0v) is 19.7. The van der Waals surface area contributed by atoms with Gasteiger partial charge in [-0.25, -0.2) is 0 Å². The standard InChI is InChI=1S/C28H37N3O/c1-3-29(4-2)15-7-16-31-27-9-6-5-8-25(27)26-11-10-24(20-28(26)31)32-19-14-23-21-30-17-12-22(23)13-18-30/h5-6,8-11,14,20,22H,3-4,7,12-13,15-19,21H2,1-2H3/b23-14+. The lowest BCUT2D eigenvalue weighted by Gasteiger charge is -2.41. The number of nitrogens with zero attached hydrogens (tertiary/aromatic N) is 3. The van der Waals surface area contributed by atoms with E-state index in [1.807, 2.05) is 0 Å². The summed E-state index contributed by atoms with van der Waals surface area (Å²) in [6.07, 6.45) is 6.15. The van der Waals surface area contributed by atoms with Gasteiger partial charge < -0.3 is 14.2 Å². The van der Waals surface area contributed by atoms with Crippen molar-refractivity contribution in [1.29, 1.82) is 0 Å². The number of para-hydroxylation sites is 1. The molecule has 0 N–H and O–H groups in total. The van der Waals surface area contributed by atoms with Gasteiger partial charge in [0.2, 0.25) is 0 Å². The number of aryl methyl sites for hydroxylation is 1. The first kappa shape index (κ1) is 21.5. The number of hydrogen-bond acceptors (Lipinski definition) is 3. The highest BCUT2D eigenvalue weighted by Gasteiger charge is 2.29. The summed E-state index contributed by atoms with van der Waals surface area (Å²) in [5, 5.41) is 2.66. The van der Waals surface area contributed by atoms with Gasteiger partial charge in [0.1, 0.15) is 12.4 Å². The molecule has 3 aliphatic rings. The van der Waals surface area contributed by atoms with Crippen molar-refractivity contribution in [3.05, 3.63) is 54.1 Å². The van der Waals surface area contributed by atoms with Gasteiger partial charge in [0, 0.05) is 35.4 Å². The Labute approximate surface area is 192 Å². The molecule has 0 spiro atoms. The van der Waals surface area contributed by atoms with E-state index in [-0.39, 0.29) is 0 Å². The maximum absolute atomic E-state index is 6.24. The fourth-order valence-corrected chi connectivity index (χ4v) is 5.68.